The van der Waals surface area contributed by atoms with Crippen LogP contribution in [-0.2, 0) is 10.3 Å². The fourth-order valence-corrected chi connectivity index (χ4v) is 3.57. The standard InChI is InChI=1S/C25H21N3O4/c1-25(19-10-6-3-7-11-19)23(31)28(24(32)27-25)16-21(29)17-12-14-20(15-13-17)26-22(30)18-8-4-2-5-9-18/h2-15H,16H2,1H3,(H,26,30)(H,27,32). The van der Waals surface area contributed by atoms with Crippen molar-refractivity contribution >= 4 is 29.3 Å². The van der Waals surface area contributed by atoms with E-state index in [9.17, 15) is 19.2 Å². The Labute approximate surface area is 185 Å². The number of carbonyl (C=O) groups is 4. The average molecular weight is 427 g/mol. The van der Waals surface area contributed by atoms with Gasteiger partial charge in [-0.05, 0) is 48.9 Å². The Bertz CT molecular complexity index is 1180. The van der Waals surface area contributed by atoms with Crippen LogP contribution in [0.5, 0.6) is 0 Å². The van der Waals surface area contributed by atoms with Gasteiger partial charge in [0.2, 0.25) is 0 Å². The molecule has 1 heterocycles. The molecule has 1 atom stereocenters. The minimum absolute atomic E-state index is 0.260. The van der Waals surface area contributed by atoms with Gasteiger partial charge in [-0.15, -0.1) is 0 Å². The zero-order valence-electron chi connectivity index (χ0n) is 17.4. The average Bonchev–Trinajstić information content (AvgIpc) is 3.04. The first kappa shape index (κ1) is 21.0. The van der Waals surface area contributed by atoms with Crippen LogP contribution in [0.4, 0.5) is 10.5 Å². The Balaban J connectivity index is 1.43. The third kappa shape index (κ3) is 4.00. The maximum atomic E-state index is 13.0. The highest BCUT2D eigenvalue weighted by Gasteiger charge is 2.49. The number of anilines is 1. The van der Waals surface area contributed by atoms with Gasteiger partial charge in [0.05, 0.1) is 6.54 Å². The highest BCUT2D eigenvalue weighted by atomic mass is 16.2. The van der Waals surface area contributed by atoms with Gasteiger partial charge in [-0.3, -0.25) is 19.3 Å². The van der Waals surface area contributed by atoms with Crippen LogP contribution >= 0.6 is 0 Å². The summed E-state index contributed by atoms with van der Waals surface area (Å²) in [7, 11) is 0. The van der Waals surface area contributed by atoms with Crippen LogP contribution < -0.4 is 10.6 Å². The second-order valence-electron chi connectivity index (χ2n) is 7.63. The number of nitrogens with zero attached hydrogens (tertiary/aromatic N) is 1. The van der Waals surface area contributed by atoms with Crippen molar-refractivity contribution < 1.29 is 19.2 Å². The second-order valence-corrected chi connectivity index (χ2v) is 7.63. The van der Waals surface area contributed by atoms with Crippen LogP contribution in [0.3, 0.4) is 0 Å². The van der Waals surface area contributed by atoms with Crippen molar-refractivity contribution in [2.75, 3.05) is 11.9 Å². The minimum Gasteiger partial charge on any atom is -0.322 e. The van der Waals surface area contributed by atoms with Gasteiger partial charge in [0.15, 0.2) is 5.78 Å². The number of carbonyl (C=O) groups excluding carboxylic acids is 4. The predicted octanol–water partition coefficient (Wildman–Crippen LogP) is 3.59. The molecule has 1 aliphatic heterocycles. The summed E-state index contributed by atoms with van der Waals surface area (Å²) in [5, 5.41) is 5.45. The van der Waals surface area contributed by atoms with Crippen LogP contribution in [0.2, 0.25) is 0 Å². The molecular weight excluding hydrogens is 406 g/mol. The number of hydrogen-bond donors (Lipinski definition) is 2. The van der Waals surface area contributed by atoms with Crippen molar-refractivity contribution in [2.45, 2.75) is 12.5 Å². The largest absolute Gasteiger partial charge is 0.325 e. The summed E-state index contributed by atoms with van der Waals surface area (Å²) in [6, 6.07) is 23.4. The lowest BCUT2D eigenvalue weighted by Gasteiger charge is -2.22. The van der Waals surface area contributed by atoms with Gasteiger partial charge in [-0.1, -0.05) is 48.5 Å². The van der Waals surface area contributed by atoms with Crippen LogP contribution in [0, 0.1) is 0 Å². The number of rotatable bonds is 6. The van der Waals surface area contributed by atoms with Gasteiger partial charge < -0.3 is 10.6 Å². The van der Waals surface area contributed by atoms with Crippen LogP contribution in [0.15, 0.2) is 84.9 Å². The Morgan fingerprint density at radius 2 is 1.44 bits per heavy atom. The van der Waals surface area contributed by atoms with E-state index in [4.69, 9.17) is 0 Å². The molecule has 160 valence electrons. The second kappa shape index (κ2) is 8.47. The zero-order chi connectivity index (χ0) is 22.7. The number of benzene rings is 3. The molecule has 0 bridgehead atoms. The van der Waals surface area contributed by atoms with E-state index in [0.29, 0.717) is 22.4 Å². The Hall–Kier alpha value is -4.26. The normalized spacial score (nSPS) is 17.7. The topological polar surface area (TPSA) is 95.6 Å². The van der Waals surface area contributed by atoms with Crippen LogP contribution in [0.1, 0.15) is 33.2 Å². The number of imide groups is 1. The van der Waals surface area contributed by atoms with Gasteiger partial charge in [0.25, 0.3) is 11.8 Å². The first-order valence-electron chi connectivity index (χ1n) is 10.1. The summed E-state index contributed by atoms with van der Waals surface area (Å²) in [4.78, 5) is 51.3. The van der Waals surface area contributed by atoms with Gasteiger partial charge in [-0.25, -0.2) is 4.79 Å². The van der Waals surface area contributed by atoms with E-state index >= 15 is 0 Å². The smallest absolute Gasteiger partial charge is 0.322 e. The van der Waals surface area contributed by atoms with Gasteiger partial charge >= 0.3 is 6.03 Å². The first-order valence-corrected chi connectivity index (χ1v) is 10.1. The lowest BCUT2D eigenvalue weighted by Crippen LogP contribution is -2.41. The van der Waals surface area contributed by atoms with E-state index in [2.05, 4.69) is 10.6 Å². The Morgan fingerprint density at radius 3 is 2.06 bits per heavy atom. The maximum Gasteiger partial charge on any atom is 0.325 e. The van der Waals surface area contributed by atoms with E-state index in [1.54, 1.807) is 79.7 Å². The number of Topliss-reactive ketones (excluding diaryl/α,β-unsaturated/α-hetero) is 1. The molecule has 1 saturated heterocycles. The van der Waals surface area contributed by atoms with E-state index in [1.807, 2.05) is 12.1 Å². The number of amides is 4. The van der Waals surface area contributed by atoms with Gasteiger partial charge in [0.1, 0.15) is 5.54 Å². The summed E-state index contributed by atoms with van der Waals surface area (Å²) < 4.78 is 0. The molecule has 2 N–H and O–H groups in total. The first-order chi connectivity index (χ1) is 15.4. The van der Waals surface area contributed by atoms with Gasteiger partial charge in [0, 0.05) is 16.8 Å². The number of urea groups is 1. The minimum atomic E-state index is -1.22. The van der Waals surface area contributed by atoms with Crippen molar-refractivity contribution in [3.8, 4) is 0 Å². The molecule has 0 aliphatic carbocycles. The molecule has 4 rings (SSSR count). The number of nitrogens with one attached hydrogen (secondary N) is 2. The summed E-state index contributed by atoms with van der Waals surface area (Å²) in [6.07, 6.45) is 0. The lowest BCUT2D eigenvalue weighted by molar-refractivity contribution is -0.130. The molecular formula is C25H21N3O4. The number of hydrogen-bond acceptors (Lipinski definition) is 4. The maximum absolute atomic E-state index is 13.0. The molecule has 7 heteroatoms. The molecule has 0 saturated carbocycles. The highest BCUT2D eigenvalue weighted by Crippen LogP contribution is 2.28. The number of ketones is 1. The van der Waals surface area contributed by atoms with E-state index in [1.165, 1.54) is 0 Å². The van der Waals surface area contributed by atoms with Gasteiger partial charge in [-0.2, -0.15) is 0 Å². The Morgan fingerprint density at radius 1 is 0.844 bits per heavy atom. The van der Waals surface area contributed by atoms with E-state index < -0.39 is 17.5 Å². The van der Waals surface area contributed by atoms with Crippen molar-refractivity contribution in [3.63, 3.8) is 0 Å². The van der Waals surface area contributed by atoms with Crippen molar-refractivity contribution in [3.05, 3.63) is 102 Å². The molecule has 1 fully saturated rings. The fourth-order valence-electron chi connectivity index (χ4n) is 3.57. The molecule has 0 aromatic heterocycles. The SMILES string of the molecule is CC1(c2ccccc2)NC(=O)N(CC(=O)c2ccc(NC(=O)c3ccccc3)cc2)C1=O. The van der Waals surface area contributed by atoms with E-state index in [-0.39, 0.29) is 18.2 Å². The molecule has 32 heavy (non-hydrogen) atoms. The molecule has 3 aromatic rings. The van der Waals surface area contributed by atoms with Crippen LogP contribution in [0.25, 0.3) is 0 Å². The predicted molar refractivity (Wildman–Crippen MR) is 119 cm³/mol. The Kier molecular flexibility index (Phi) is 5.55. The summed E-state index contributed by atoms with van der Waals surface area (Å²) in [5.74, 6) is -1.12. The third-order valence-electron chi connectivity index (χ3n) is 5.43. The molecule has 1 aliphatic rings. The molecule has 0 spiro atoms. The zero-order valence-corrected chi connectivity index (χ0v) is 17.4. The fraction of sp³-hybridized carbons (Fsp3) is 0.120. The lowest BCUT2D eigenvalue weighted by atomic mass is 9.92. The molecule has 7 nitrogen and oxygen atoms in total. The third-order valence-corrected chi connectivity index (χ3v) is 5.43. The summed E-state index contributed by atoms with van der Waals surface area (Å²) in [6.45, 7) is 1.25. The summed E-state index contributed by atoms with van der Waals surface area (Å²) >= 11 is 0. The molecule has 0 radical (unpaired) electrons. The molecule has 4 amide bonds. The monoisotopic (exact) mass is 427 g/mol. The highest BCUT2D eigenvalue weighted by molar-refractivity contribution is 6.11. The summed E-state index contributed by atoms with van der Waals surface area (Å²) in [5.41, 5.74) is 0.808. The molecule has 1 unspecified atom stereocenters. The van der Waals surface area contributed by atoms with E-state index in [0.717, 1.165) is 4.90 Å². The van der Waals surface area contributed by atoms with Crippen molar-refractivity contribution in [2.24, 2.45) is 0 Å². The van der Waals surface area contributed by atoms with Crippen LogP contribution in [-0.4, -0.2) is 35.1 Å². The van der Waals surface area contributed by atoms with Crippen molar-refractivity contribution in [1.29, 1.82) is 0 Å². The van der Waals surface area contributed by atoms with Crippen molar-refractivity contribution in [1.82, 2.24) is 10.2 Å². The quantitative estimate of drug-likeness (QED) is 0.464. The molecule has 3 aromatic carbocycles.